The lowest BCUT2D eigenvalue weighted by Gasteiger charge is -2.22. The molecule has 0 bridgehead atoms. The lowest BCUT2D eigenvalue weighted by atomic mass is 10.1. The van der Waals surface area contributed by atoms with Crippen LogP contribution in [0.1, 0.15) is 23.3 Å². The van der Waals surface area contributed by atoms with E-state index >= 15 is 0 Å². The Morgan fingerprint density at radius 2 is 2.25 bits per heavy atom. The highest BCUT2D eigenvalue weighted by Crippen LogP contribution is 2.13. The first kappa shape index (κ1) is 11.4. The zero-order valence-electron chi connectivity index (χ0n) is 8.78. The second-order valence-electron chi connectivity index (χ2n) is 3.71. The van der Waals surface area contributed by atoms with Gasteiger partial charge in [0.15, 0.2) is 0 Å². The maximum Gasteiger partial charge on any atom is 0.357 e. The van der Waals surface area contributed by atoms with E-state index in [0.29, 0.717) is 5.02 Å². The monoisotopic (exact) mass is 240 g/mol. The molecule has 2 heterocycles. The van der Waals surface area contributed by atoms with E-state index in [0.717, 1.165) is 25.9 Å². The molecule has 0 amide bonds. The molecule has 0 spiro atoms. The number of piperidine rings is 1. The van der Waals surface area contributed by atoms with Gasteiger partial charge in [0, 0.05) is 11.2 Å². The van der Waals surface area contributed by atoms with Gasteiger partial charge in [-0.1, -0.05) is 11.6 Å². The minimum absolute atomic E-state index is 0.00506. The number of hydrogen-bond donors (Lipinski definition) is 1. The van der Waals surface area contributed by atoms with E-state index in [1.54, 1.807) is 6.07 Å². The van der Waals surface area contributed by atoms with Gasteiger partial charge in [-0.2, -0.15) is 0 Å². The van der Waals surface area contributed by atoms with Gasteiger partial charge in [-0.05, 0) is 38.1 Å². The van der Waals surface area contributed by atoms with Crippen LogP contribution in [0, 0.1) is 0 Å². The number of nitrogens with one attached hydrogen (secondary N) is 1. The van der Waals surface area contributed by atoms with Crippen molar-refractivity contribution in [1.82, 2.24) is 10.3 Å². The number of carbonyl (C=O) groups is 1. The largest absolute Gasteiger partial charge is 0.458 e. The van der Waals surface area contributed by atoms with Crippen molar-refractivity contribution in [3.05, 3.63) is 29.0 Å². The maximum absolute atomic E-state index is 11.7. The first-order valence-corrected chi connectivity index (χ1v) is 5.67. The van der Waals surface area contributed by atoms with Crippen molar-refractivity contribution in [2.45, 2.75) is 18.9 Å². The number of ether oxygens (including phenoxy) is 1. The van der Waals surface area contributed by atoms with Crippen molar-refractivity contribution in [3.8, 4) is 0 Å². The number of nitrogens with zero attached hydrogens (tertiary/aromatic N) is 1. The molecule has 4 nitrogen and oxygen atoms in total. The summed E-state index contributed by atoms with van der Waals surface area (Å²) in [5, 5.41) is 3.70. The number of halogens is 1. The highest BCUT2D eigenvalue weighted by atomic mass is 35.5. The molecule has 16 heavy (non-hydrogen) atoms. The molecule has 1 aliphatic rings. The SMILES string of the molecule is O=C(OC1CCNCC1)c1cc(Cl)ccn1. The molecule has 1 aliphatic heterocycles. The molecule has 0 atom stereocenters. The Bertz CT molecular complexity index is 378. The van der Waals surface area contributed by atoms with Crippen LogP contribution in [0.5, 0.6) is 0 Å². The third-order valence-electron chi connectivity index (χ3n) is 2.49. The highest BCUT2D eigenvalue weighted by molar-refractivity contribution is 6.30. The summed E-state index contributed by atoms with van der Waals surface area (Å²) in [5.41, 5.74) is 0.269. The zero-order valence-corrected chi connectivity index (χ0v) is 9.54. The Balaban J connectivity index is 1.97. The molecule has 0 aliphatic carbocycles. The van der Waals surface area contributed by atoms with Crippen LogP contribution < -0.4 is 5.32 Å². The van der Waals surface area contributed by atoms with E-state index in [-0.39, 0.29) is 11.8 Å². The molecule has 1 N–H and O–H groups in total. The van der Waals surface area contributed by atoms with Crippen LogP contribution in [0.3, 0.4) is 0 Å². The number of carbonyl (C=O) groups excluding carboxylic acids is 1. The summed E-state index contributed by atoms with van der Waals surface area (Å²) in [5.74, 6) is -0.394. The molecule has 86 valence electrons. The molecule has 1 fully saturated rings. The Morgan fingerprint density at radius 3 is 2.94 bits per heavy atom. The third-order valence-corrected chi connectivity index (χ3v) is 2.73. The topological polar surface area (TPSA) is 51.2 Å². The van der Waals surface area contributed by atoms with E-state index in [1.807, 2.05) is 0 Å². The first-order valence-electron chi connectivity index (χ1n) is 5.29. The molecule has 2 rings (SSSR count). The van der Waals surface area contributed by atoms with E-state index in [9.17, 15) is 4.79 Å². The Kier molecular flexibility index (Phi) is 3.74. The Labute approximate surface area is 99.0 Å². The van der Waals surface area contributed by atoms with Crippen molar-refractivity contribution in [2.75, 3.05) is 13.1 Å². The van der Waals surface area contributed by atoms with Crippen LogP contribution >= 0.6 is 11.6 Å². The van der Waals surface area contributed by atoms with Gasteiger partial charge in [-0.15, -0.1) is 0 Å². The lowest BCUT2D eigenvalue weighted by molar-refractivity contribution is 0.0223. The molecule has 1 aromatic heterocycles. The first-order chi connectivity index (χ1) is 7.75. The maximum atomic E-state index is 11.7. The predicted molar refractivity (Wildman–Crippen MR) is 60.6 cm³/mol. The minimum atomic E-state index is -0.394. The number of rotatable bonds is 2. The average molecular weight is 241 g/mol. The lowest BCUT2D eigenvalue weighted by Crippen LogP contribution is -2.33. The summed E-state index contributed by atoms with van der Waals surface area (Å²) in [6.45, 7) is 1.78. The van der Waals surface area contributed by atoms with Crippen LogP contribution in [0.15, 0.2) is 18.3 Å². The molecule has 0 saturated carbocycles. The standard InChI is InChI=1S/C11H13ClN2O2/c12-8-1-6-14-10(7-8)11(15)16-9-2-4-13-5-3-9/h1,6-7,9,13H,2-5H2. The van der Waals surface area contributed by atoms with Crippen molar-refractivity contribution in [1.29, 1.82) is 0 Å². The van der Waals surface area contributed by atoms with Crippen molar-refractivity contribution >= 4 is 17.6 Å². The van der Waals surface area contributed by atoms with Gasteiger partial charge >= 0.3 is 5.97 Å². The smallest absolute Gasteiger partial charge is 0.357 e. The molecule has 0 aromatic carbocycles. The van der Waals surface area contributed by atoms with Crippen molar-refractivity contribution in [2.24, 2.45) is 0 Å². The molecule has 1 saturated heterocycles. The van der Waals surface area contributed by atoms with Crippen LogP contribution in [0.4, 0.5) is 0 Å². The normalized spacial score (nSPS) is 17.1. The second-order valence-corrected chi connectivity index (χ2v) is 4.15. The summed E-state index contributed by atoms with van der Waals surface area (Å²) in [6, 6.07) is 3.15. The van der Waals surface area contributed by atoms with Crippen molar-refractivity contribution < 1.29 is 9.53 Å². The molecular formula is C11H13ClN2O2. The van der Waals surface area contributed by atoms with Crippen LogP contribution in [-0.2, 0) is 4.74 Å². The summed E-state index contributed by atoms with van der Waals surface area (Å²) in [4.78, 5) is 15.6. The fourth-order valence-electron chi connectivity index (χ4n) is 1.64. The van der Waals surface area contributed by atoms with E-state index < -0.39 is 5.97 Å². The van der Waals surface area contributed by atoms with Gasteiger partial charge in [0.25, 0.3) is 0 Å². The third kappa shape index (κ3) is 2.93. The summed E-state index contributed by atoms with van der Waals surface area (Å²) in [6.07, 6.45) is 3.20. The quantitative estimate of drug-likeness (QED) is 0.799. The number of esters is 1. The number of hydrogen-bond acceptors (Lipinski definition) is 4. The molecule has 0 unspecified atom stereocenters. The van der Waals surface area contributed by atoms with Gasteiger partial charge in [0.1, 0.15) is 11.8 Å². The molecule has 0 radical (unpaired) electrons. The predicted octanol–water partition coefficient (Wildman–Crippen LogP) is 1.64. The van der Waals surface area contributed by atoms with Gasteiger partial charge in [0.2, 0.25) is 0 Å². The van der Waals surface area contributed by atoms with E-state index in [4.69, 9.17) is 16.3 Å². The molecule has 1 aromatic rings. The highest BCUT2D eigenvalue weighted by Gasteiger charge is 2.19. The number of pyridine rings is 1. The number of aromatic nitrogens is 1. The second kappa shape index (κ2) is 5.27. The van der Waals surface area contributed by atoms with Crippen LogP contribution in [0.2, 0.25) is 5.02 Å². The summed E-state index contributed by atoms with van der Waals surface area (Å²) >= 11 is 5.77. The molecule has 5 heteroatoms. The fourth-order valence-corrected chi connectivity index (χ4v) is 1.80. The van der Waals surface area contributed by atoms with E-state index in [2.05, 4.69) is 10.3 Å². The van der Waals surface area contributed by atoms with Gasteiger partial charge in [-0.25, -0.2) is 9.78 Å². The summed E-state index contributed by atoms with van der Waals surface area (Å²) in [7, 11) is 0. The summed E-state index contributed by atoms with van der Waals surface area (Å²) < 4.78 is 5.33. The van der Waals surface area contributed by atoms with Crippen molar-refractivity contribution in [3.63, 3.8) is 0 Å². The Morgan fingerprint density at radius 1 is 1.50 bits per heavy atom. The van der Waals surface area contributed by atoms with E-state index in [1.165, 1.54) is 12.3 Å². The van der Waals surface area contributed by atoms with Crippen LogP contribution in [-0.4, -0.2) is 30.1 Å². The minimum Gasteiger partial charge on any atom is -0.458 e. The fraction of sp³-hybridized carbons (Fsp3) is 0.455. The zero-order chi connectivity index (χ0) is 11.4. The average Bonchev–Trinajstić information content (AvgIpc) is 2.30. The van der Waals surface area contributed by atoms with Gasteiger partial charge < -0.3 is 10.1 Å². The van der Waals surface area contributed by atoms with Crippen LogP contribution in [0.25, 0.3) is 0 Å². The molecular weight excluding hydrogens is 228 g/mol. The van der Waals surface area contributed by atoms with Gasteiger partial charge in [0.05, 0.1) is 0 Å². The Hall–Kier alpha value is -1.13. The van der Waals surface area contributed by atoms with Gasteiger partial charge in [-0.3, -0.25) is 0 Å².